The Bertz CT molecular complexity index is 450. The monoisotopic (exact) mass is 396 g/mol. The first-order valence-electron chi connectivity index (χ1n) is 8.96. The fraction of sp³-hybridized carbons (Fsp3) is 0.833. The highest BCUT2D eigenvalue weighted by molar-refractivity contribution is 5.83. The Morgan fingerprint density at radius 3 is 0.963 bits per heavy atom. The van der Waals surface area contributed by atoms with Crippen molar-refractivity contribution in [3.8, 4) is 0 Å². The number of aliphatic carboxylic acids is 3. The fourth-order valence-electron chi connectivity index (χ4n) is 1.40. The van der Waals surface area contributed by atoms with Gasteiger partial charge in [-0.2, -0.15) is 0 Å². The minimum Gasteiger partial charge on any atom is -0.481 e. The molecule has 27 heavy (non-hydrogen) atoms. The smallest absolute Gasteiger partial charge is 0.336 e. The first kappa shape index (κ1) is 30.0. The van der Waals surface area contributed by atoms with Crippen molar-refractivity contribution in [1.82, 2.24) is 0 Å². The minimum atomic E-state index is -2.12. The van der Waals surface area contributed by atoms with Gasteiger partial charge < -0.3 is 30.6 Å². The van der Waals surface area contributed by atoms with Gasteiger partial charge in [0, 0.05) is 0 Å². The van der Waals surface area contributed by atoms with Crippen molar-refractivity contribution in [2.24, 2.45) is 0 Å². The van der Waals surface area contributed by atoms with E-state index in [2.05, 4.69) is 0 Å². The van der Waals surface area contributed by atoms with E-state index in [0.29, 0.717) is 0 Å². The van der Waals surface area contributed by atoms with Crippen LogP contribution in [-0.4, -0.2) is 65.4 Å². The van der Waals surface area contributed by atoms with Gasteiger partial charge in [-0.05, 0) is 39.0 Å². The molecule has 9 heteroatoms. The van der Waals surface area contributed by atoms with Crippen LogP contribution in [0.5, 0.6) is 0 Å². The van der Waals surface area contributed by atoms with Crippen molar-refractivity contribution < 1.29 is 45.0 Å². The lowest BCUT2D eigenvalue weighted by Crippen LogP contribution is -2.39. The van der Waals surface area contributed by atoms with Crippen LogP contribution in [0, 0.1) is 0 Å². The molecule has 0 saturated carbocycles. The molecule has 0 aromatic heterocycles. The summed E-state index contributed by atoms with van der Waals surface area (Å²) >= 11 is 0. The third kappa shape index (κ3) is 13.2. The highest BCUT2D eigenvalue weighted by Crippen LogP contribution is 2.15. The maximum absolute atomic E-state index is 10.3. The average Bonchev–Trinajstić information content (AvgIpc) is 2.61. The molecule has 1 unspecified atom stereocenters. The van der Waals surface area contributed by atoms with Crippen molar-refractivity contribution in [2.75, 3.05) is 0 Å². The molecular formula is C18H36O9. The van der Waals surface area contributed by atoms with E-state index in [4.69, 9.17) is 30.6 Å². The molecule has 0 radical (unpaired) electrons. The van der Waals surface area contributed by atoms with Crippen LogP contribution in [0.15, 0.2) is 0 Å². The zero-order chi connectivity index (χ0) is 22.5. The molecule has 9 nitrogen and oxygen atoms in total. The molecule has 0 aliphatic heterocycles. The van der Waals surface area contributed by atoms with Gasteiger partial charge in [0.05, 0.1) is 12.0 Å². The van der Waals surface area contributed by atoms with E-state index >= 15 is 0 Å². The Balaban J connectivity index is -0.000000329. The van der Waals surface area contributed by atoms with E-state index < -0.39 is 41.1 Å². The van der Waals surface area contributed by atoms with Crippen LogP contribution in [0.25, 0.3) is 0 Å². The quantitative estimate of drug-likeness (QED) is 0.340. The van der Waals surface area contributed by atoms with Gasteiger partial charge in [-0.25, -0.2) is 9.59 Å². The van der Waals surface area contributed by atoms with Crippen molar-refractivity contribution in [1.29, 1.82) is 0 Å². The Morgan fingerprint density at radius 1 is 0.630 bits per heavy atom. The Hall–Kier alpha value is -1.71. The number of hydrogen-bond acceptors (Lipinski definition) is 6. The molecule has 0 saturated heterocycles. The Kier molecular flexibility index (Phi) is 15.0. The maximum Gasteiger partial charge on any atom is 0.336 e. The number of hydrogen-bond donors (Lipinski definition) is 6. The predicted octanol–water partition coefficient (Wildman–Crippen LogP) is 1.87. The molecule has 6 N–H and O–H groups in total. The number of aliphatic hydroxyl groups is 3. The number of rotatable bonds is 9. The second-order valence-corrected chi connectivity index (χ2v) is 6.51. The predicted molar refractivity (Wildman–Crippen MR) is 99.5 cm³/mol. The minimum absolute atomic E-state index is 0.116. The Labute approximate surface area is 160 Å². The molecule has 0 aliphatic carbocycles. The van der Waals surface area contributed by atoms with Crippen molar-refractivity contribution in [3.63, 3.8) is 0 Å². The van der Waals surface area contributed by atoms with Crippen LogP contribution in [-0.2, 0) is 14.4 Å². The summed E-state index contributed by atoms with van der Waals surface area (Å²) in [7, 11) is 0. The second kappa shape index (κ2) is 13.5. The molecule has 162 valence electrons. The summed E-state index contributed by atoms with van der Waals surface area (Å²) in [6.07, 6.45) is 1.35. The van der Waals surface area contributed by atoms with Gasteiger partial charge in [0.25, 0.3) is 0 Å². The van der Waals surface area contributed by atoms with E-state index in [1.807, 2.05) is 20.8 Å². The molecule has 0 bridgehead atoms. The van der Waals surface area contributed by atoms with Crippen LogP contribution >= 0.6 is 0 Å². The lowest BCUT2D eigenvalue weighted by molar-refractivity contribution is -0.165. The molecule has 1 atom stereocenters. The van der Waals surface area contributed by atoms with Crippen LogP contribution in [0.3, 0.4) is 0 Å². The van der Waals surface area contributed by atoms with Gasteiger partial charge in [0.1, 0.15) is 0 Å². The third-order valence-corrected chi connectivity index (χ3v) is 4.52. The largest absolute Gasteiger partial charge is 0.481 e. The topological polar surface area (TPSA) is 173 Å². The summed E-state index contributed by atoms with van der Waals surface area (Å²) in [5.74, 6) is -3.95. The van der Waals surface area contributed by atoms with Gasteiger partial charge in [-0.1, -0.05) is 34.6 Å². The number of carbonyl (C=O) groups is 3. The highest BCUT2D eigenvalue weighted by atomic mass is 16.4. The molecule has 0 amide bonds. The van der Waals surface area contributed by atoms with Crippen LogP contribution < -0.4 is 0 Å². The lowest BCUT2D eigenvalue weighted by atomic mass is 9.97. The Morgan fingerprint density at radius 2 is 0.926 bits per heavy atom. The average molecular weight is 396 g/mol. The van der Waals surface area contributed by atoms with Crippen molar-refractivity contribution in [2.45, 2.75) is 96.9 Å². The molecule has 0 aliphatic rings. The van der Waals surface area contributed by atoms with Crippen LogP contribution in [0.1, 0.15) is 80.1 Å². The highest BCUT2D eigenvalue weighted by Gasteiger charge is 2.36. The molecular weight excluding hydrogens is 360 g/mol. The van der Waals surface area contributed by atoms with Crippen LogP contribution in [0.2, 0.25) is 0 Å². The first-order valence-corrected chi connectivity index (χ1v) is 8.96. The molecule has 0 heterocycles. The zero-order valence-corrected chi connectivity index (χ0v) is 17.2. The van der Waals surface area contributed by atoms with Gasteiger partial charge in [-0.15, -0.1) is 0 Å². The summed E-state index contributed by atoms with van der Waals surface area (Å²) in [5, 5.41) is 52.3. The van der Waals surface area contributed by atoms with E-state index in [0.717, 1.165) is 12.8 Å². The van der Waals surface area contributed by atoms with E-state index in [1.54, 1.807) is 13.8 Å². The SMILES string of the molecule is CCC(C)(O)CC.CCC(O)(CC(=O)O)C(=O)O.CCC(O)(CC)C(=O)O. The van der Waals surface area contributed by atoms with E-state index in [9.17, 15) is 14.4 Å². The molecule has 0 aromatic carbocycles. The van der Waals surface area contributed by atoms with E-state index in [1.165, 1.54) is 6.92 Å². The standard InChI is InChI=1S/C6H10O5.C6H12O3.C6H14O/c1-2-6(11,5(9)10)3-4(7)8;1-3-6(9,4-2)5(7)8;1-4-6(3,7)5-2/h11H,2-3H2,1H3,(H,7,8)(H,9,10);9H,3-4H2,1-2H3,(H,7,8);7H,4-5H2,1-3H3. The lowest BCUT2D eigenvalue weighted by Gasteiger charge is -2.18. The molecule has 0 fully saturated rings. The van der Waals surface area contributed by atoms with Crippen molar-refractivity contribution >= 4 is 17.9 Å². The molecule has 0 aromatic rings. The van der Waals surface area contributed by atoms with Gasteiger partial charge in [0.2, 0.25) is 0 Å². The summed E-state index contributed by atoms with van der Waals surface area (Å²) in [5.41, 5.74) is -4.04. The third-order valence-electron chi connectivity index (χ3n) is 4.52. The van der Waals surface area contributed by atoms with E-state index in [-0.39, 0.29) is 19.3 Å². The number of carboxylic acids is 3. The maximum atomic E-state index is 10.3. The normalized spacial score (nSPS) is 13.2. The van der Waals surface area contributed by atoms with Crippen molar-refractivity contribution in [3.05, 3.63) is 0 Å². The molecule has 0 rings (SSSR count). The summed E-state index contributed by atoms with van der Waals surface area (Å²) in [6, 6.07) is 0. The van der Waals surface area contributed by atoms with Crippen LogP contribution in [0.4, 0.5) is 0 Å². The van der Waals surface area contributed by atoms with Gasteiger partial charge in [0.15, 0.2) is 11.2 Å². The fourth-order valence-corrected chi connectivity index (χ4v) is 1.40. The summed E-state index contributed by atoms with van der Waals surface area (Å²) in [4.78, 5) is 30.6. The first-order chi connectivity index (χ1) is 12.1. The van der Waals surface area contributed by atoms with Gasteiger partial charge in [-0.3, -0.25) is 4.79 Å². The summed E-state index contributed by atoms with van der Waals surface area (Å²) in [6.45, 7) is 10.5. The summed E-state index contributed by atoms with van der Waals surface area (Å²) < 4.78 is 0. The zero-order valence-electron chi connectivity index (χ0n) is 17.2. The molecule has 0 spiro atoms. The second-order valence-electron chi connectivity index (χ2n) is 6.51. The van der Waals surface area contributed by atoms with Gasteiger partial charge >= 0.3 is 17.9 Å². The number of carboxylic acid groups (broad SMARTS) is 3.